The number of carbonyl (C=O) groups is 3. The largest absolute Gasteiger partial charge is 0.481 e. The summed E-state index contributed by atoms with van der Waals surface area (Å²) in [6.07, 6.45) is 3.24. The Morgan fingerprint density at radius 1 is 0.949 bits per heavy atom. The van der Waals surface area contributed by atoms with E-state index in [1.807, 2.05) is 18.2 Å². The molecule has 1 fully saturated rings. The Balaban J connectivity index is 1.48. The number of piperazine rings is 1. The van der Waals surface area contributed by atoms with Gasteiger partial charge in [0.2, 0.25) is 0 Å². The van der Waals surface area contributed by atoms with Crippen molar-refractivity contribution in [3.63, 3.8) is 0 Å². The second kappa shape index (κ2) is 13.3. The van der Waals surface area contributed by atoms with Crippen molar-refractivity contribution in [2.45, 2.75) is 45.4 Å². The van der Waals surface area contributed by atoms with Gasteiger partial charge in [-0.15, -0.1) is 0 Å². The predicted molar refractivity (Wildman–Crippen MR) is 146 cm³/mol. The van der Waals surface area contributed by atoms with Gasteiger partial charge < -0.3 is 24.3 Å². The number of aromatic nitrogens is 1. The molecule has 2 amide bonds. The van der Waals surface area contributed by atoms with Crippen LogP contribution in [0.3, 0.4) is 0 Å². The molecule has 3 aromatic rings. The fraction of sp³-hybridized carbons (Fsp3) is 0.433. The number of aromatic amines is 1. The fourth-order valence-electron chi connectivity index (χ4n) is 4.96. The third-order valence-corrected chi connectivity index (χ3v) is 7.05. The van der Waals surface area contributed by atoms with Crippen molar-refractivity contribution in [3.8, 4) is 5.75 Å². The molecule has 4 rings (SSSR count). The van der Waals surface area contributed by atoms with Crippen LogP contribution in [0.2, 0.25) is 0 Å². The van der Waals surface area contributed by atoms with Crippen LogP contribution in [-0.2, 0) is 14.3 Å². The van der Waals surface area contributed by atoms with Gasteiger partial charge in [-0.05, 0) is 37.6 Å². The van der Waals surface area contributed by atoms with E-state index in [2.05, 4.69) is 11.9 Å². The maximum Gasteiger partial charge on any atom is 0.315 e. The van der Waals surface area contributed by atoms with E-state index in [9.17, 15) is 18.8 Å². The van der Waals surface area contributed by atoms with Crippen LogP contribution in [0.1, 0.15) is 61.5 Å². The van der Waals surface area contributed by atoms with Crippen molar-refractivity contribution in [2.24, 2.45) is 0 Å². The Kier molecular flexibility index (Phi) is 9.57. The van der Waals surface area contributed by atoms with Crippen LogP contribution in [0.15, 0.2) is 48.5 Å². The van der Waals surface area contributed by atoms with Crippen LogP contribution < -0.4 is 4.74 Å². The van der Waals surface area contributed by atoms with E-state index in [4.69, 9.17) is 9.47 Å². The van der Waals surface area contributed by atoms with Crippen molar-refractivity contribution >= 4 is 28.7 Å². The Hall–Kier alpha value is -3.88. The molecule has 208 valence electrons. The number of amides is 2. The van der Waals surface area contributed by atoms with E-state index in [-0.39, 0.29) is 36.2 Å². The Bertz CT molecular complexity index is 1280. The molecule has 1 saturated heterocycles. The quantitative estimate of drug-likeness (QED) is 0.278. The van der Waals surface area contributed by atoms with Gasteiger partial charge in [0.25, 0.3) is 11.8 Å². The minimum atomic E-state index is -0.666. The molecule has 1 aliphatic rings. The molecule has 1 aromatic heterocycles. The summed E-state index contributed by atoms with van der Waals surface area (Å²) in [7, 11) is 0. The smallest absolute Gasteiger partial charge is 0.315 e. The van der Waals surface area contributed by atoms with E-state index in [1.54, 1.807) is 41.0 Å². The fourth-order valence-corrected chi connectivity index (χ4v) is 4.96. The van der Waals surface area contributed by atoms with Crippen LogP contribution in [0.25, 0.3) is 10.9 Å². The van der Waals surface area contributed by atoms with Gasteiger partial charge in [-0.1, -0.05) is 50.5 Å². The van der Waals surface area contributed by atoms with Gasteiger partial charge in [0.05, 0.1) is 23.2 Å². The van der Waals surface area contributed by atoms with Crippen LogP contribution in [0.4, 0.5) is 4.39 Å². The highest BCUT2D eigenvalue weighted by atomic mass is 19.1. The minimum Gasteiger partial charge on any atom is -0.481 e. The highest BCUT2D eigenvalue weighted by molar-refractivity contribution is 5.94. The van der Waals surface area contributed by atoms with E-state index in [0.29, 0.717) is 49.4 Å². The number of nitrogens with zero attached hydrogens (tertiary/aromatic N) is 2. The summed E-state index contributed by atoms with van der Waals surface area (Å²) in [5, 5.41) is 0.211. The number of H-pyrrole nitrogens is 1. The summed E-state index contributed by atoms with van der Waals surface area (Å²) < 4.78 is 26.3. The van der Waals surface area contributed by atoms with Gasteiger partial charge >= 0.3 is 5.97 Å². The lowest BCUT2D eigenvalue weighted by molar-refractivity contribution is -0.145. The topological polar surface area (TPSA) is 91.9 Å². The molecular weight excluding hydrogens is 501 g/mol. The van der Waals surface area contributed by atoms with Gasteiger partial charge in [-0.3, -0.25) is 14.4 Å². The molecule has 8 nitrogen and oxygen atoms in total. The normalized spacial score (nSPS) is 14.3. The number of nitrogens with one attached hydrogen (secondary N) is 1. The molecule has 0 saturated carbocycles. The van der Waals surface area contributed by atoms with Gasteiger partial charge in [0.15, 0.2) is 12.4 Å². The standard InChI is InChI=1S/C30H36FN3O5/c1-3-5-7-13-22(30(37)38-4-2)27-28(26-23(31)14-10-15-24(26)32-27)39-20-25(35)33-16-18-34(19-17-33)29(36)21-11-8-6-9-12-21/h6,8-12,14-15,22,32H,3-5,7,13,16-20H2,1-2H3. The Morgan fingerprint density at radius 3 is 2.36 bits per heavy atom. The van der Waals surface area contributed by atoms with Gasteiger partial charge in [-0.25, -0.2) is 4.39 Å². The summed E-state index contributed by atoms with van der Waals surface area (Å²) in [6, 6.07) is 13.7. The van der Waals surface area contributed by atoms with Crippen molar-refractivity contribution in [1.29, 1.82) is 0 Å². The molecule has 2 aromatic carbocycles. The number of hydrogen-bond donors (Lipinski definition) is 1. The van der Waals surface area contributed by atoms with E-state index >= 15 is 0 Å². The SMILES string of the molecule is CCCCCC(C(=O)OCC)c1[nH]c2cccc(F)c2c1OCC(=O)N1CCN(C(=O)c2ccccc2)CC1. The van der Waals surface area contributed by atoms with Gasteiger partial charge in [0.1, 0.15) is 11.7 Å². The molecule has 0 bridgehead atoms. The molecule has 1 aliphatic heterocycles. The number of hydrogen-bond acceptors (Lipinski definition) is 5. The molecule has 1 atom stereocenters. The maximum atomic E-state index is 15.0. The Labute approximate surface area is 228 Å². The first-order valence-electron chi connectivity index (χ1n) is 13.7. The first kappa shape index (κ1) is 28.1. The lowest BCUT2D eigenvalue weighted by atomic mass is 9.97. The van der Waals surface area contributed by atoms with Crippen LogP contribution in [-0.4, -0.2) is 72.0 Å². The number of unbranched alkanes of at least 4 members (excludes halogenated alkanes) is 2. The molecular formula is C30H36FN3O5. The molecule has 39 heavy (non-hydrogen) atoms. The van der Waals surface area contributed by atoms with Crippen molar-refractivity contribution in [1.82, 2.24) is 14.8 Å². The second-order valence-electron chi connectivity index (χ2n) is 9.66. The number of rotatable bonds is 11. The number of carbonyl (C=O) groups excluding carboxylic acids is 3. The molecule has 0 radical (unpaired) electrons. The van der Waals surface area contributed by atoms with Crippen LogP contribution in [0, 0.1) is 5.82 Å². The molecule has 1 N–H and O–H groups in total. The highest BCUT2D eigenvalue weighted by Gasteiger charge is 2.31. The zero-order chi connectivity index (χ0) is 27.8. The first-order valence-corrected chi connectivity index (χ1v) is 13.7. The third kappa shape index (κ3) is 6.58. The van der Waals surface area contributed by atoms with Crippen LogP contribution >= 0.6 is 0 Å². The first-order chi connectivity index (χ1) is 18.9. The van der Waals surface area contributed by atoms with Gasteiger partial charge in [-0.2, -0.15) is 0 Å². The third-order valence-electron chi connectivity index (χ3n) is 7.05. The zero-order valence-electron chi connectivity index (χ0n) is 22.6. The Morgan fingerprint density at radius 2 is 1.67 bits per heavy atom. The average molecular weight is 538 g/mol. The second-order valence-corrected chi connectivity index (χ2v) is 9.66. The number of ether oxygens (including phenoxy) is 2. The summed E-state index contributed by atoms with van der Waals surface area (Å²) in [5.41, 5.74) is 1.53. The highest BCUT2D eigenvalue weighted by Crippen LogP contribution is 2.39. The molecule has 2 heterocycles. The monoisotopic (exact) mass is 537 g/mol. The minimum absolute atomic E-state index is 0.0639. The predicted octanol–water partition coefficient (Wildman–Crippen LogP) is 4.90. The molecule has 0 aliphatic carbocycles. The molecule has 1 unspecified atom stereocenters. The molecule has 0 spiro atoms. The van der Waals surface area contributed by atoms with Crippen molar-refractivity contribution in [2.75, 3.05) is 39.4 Å². The van der Waals surface area contributed by atoms with E-state index < -0.39 is 17.7 Å². The van der Waals surface area contributed by atoms with Crippen molar-refractivity contribution < 1.29 is 28.2 Å². The van der Waals surface area contributed by atoms with Crippen LogP contribution in [0.5, 0.6) is 5.75 Å². The lowest BCUT2D eigenvalue weighted by Gasteiger charge is -2.34. The number of benzene rings is 2. The zero-order valence-corrected chi connectivity index (χ0v) is 22.6. The maximum absolute atomic E-state index is 15.0. The van der Waals surface area contributed by atoms with E-state index in [0.717, 1.165) is 19.3 Å². The number of fused-ring (bicyclic) bond motifs is 1. The van der Waals surface area contributed by atoms with E-state index in [1.165, 1.54) is 6.07 Å². The average Bonchev–Trinajstić information content (AvgIpc) is 3.33. The van der Waals surface area contributed by atoms with Gasteiger partial charge in [0, 0.05) is 31.7 Å². The molecule has 9 heteroatoms. The summed E-state index contributed by atoms with van der Waals surface area (Å²) in [4.78, 5) is 45.3. The van der Waals surface area contributed by atoms with Crippen molar-refractivity contribution in [3.05, 3.63) is 65.6 Å². The lowest BCUT2D eigenvalue weighted by Crippen LogP contribution is -2.51. The number of halogens is 1. The number of esters is 1. The summed E-state index contributed by atoms with van der Waals surface area (Å²) >= 11 is 0. The summed E-state index contributed by atoms with van der Waals surface area (Å²) in [5.74, 6) is -1.73. The summed E-state index contributed by atoms with van der Waals surface area (Å²) in [6.45, 7) is 5.31.